The summed E-state index contributed by atoms with van der Waals surface area (Å²) in [6, 6.07) is 46.3. The first-order valence-corrected chi connectivity index (χ1v) is 45.3. The fourth-order valence-electron chi connectivity index (χ4n) is 9.30. The maximum Gasteiger partial charge on any atom is 1.00 e. The van der Waals surface area contributed by atoms with E-state index in [9.17, 15) is 25.3 Å². The topological polar surface area (TPSA) is 200 Å². The van der Waals surface area contributed by atoms with Crippen molar-refractivity contribution in [3.8, 4) is 0 Å². The maximum atomic E-state index is 12.0. The summed E-state index contributed by atoms with van der Waals surface area (Å²) in [4.78, 5) is 0.193. The van der Waals surface area contributed by atoms with E-state index >= 15 is 0 Å². The van der Waals surface area contributed by atoms with E-state index in [0.29, 0.717) is 25.5 Å². The molecule has 0 amide bonds. The van der Waals surface area contributed by atoms with Gasteiger partial charge in [0.25, 0.3) is 10.1 Å². The Labute approximate surface area is 723 Å². The molecule has 6 aromatic carbocycles. The number of aliphatic hydroxyl groups excluding tert-OH is 1. The molecule has 4 aliphatic rings. The summed E-state index contributed by atoms with van der Waals surface area (Å²) in [5.74, 6) is 1.60. The molecule has 0 bridgehead atoms. The second-order valence-corrected chi connectivity index (χ2v) is 39.6. The number of hydrogen-bond donors (Lipinski definition) is 1. The molecular weight excluding hydrogens is 1760 g/mol. The summed E-state index contributed by atoms with van der Waals surface area (Å²) in [6.07, 6.45) is 12.6. The van der Waals surface area contributed by atoms with E-state index in [2.05, 4.69) is 116 Å². The Morgan fingerprint density at radius 2 is 0.815 bits per heavy atom. The van der Waals surface area contributed by atoms with Crippen LogP contribution < -0.4 is 35.0 Å². The minimum absolute atomic E-state index is 0. The number of nitrogens with zero attached hydrogens (tertiary/aromatic N) is 1. The van der Waals surface area contributed by atoms with Gasteiger partial charge in [-0.05, 0) is 248 Å². The predicted octanol–water partition coefficient (Wildman–Crippen LogP) is 15.5. The number of aryl methyl sites for hydroxylation is 4. The molecule has 0 spiro atoms. The van der Waals surface area contributed by atoms with Crippen molar-refractivity contribution in [1.82, 2.24) is 4.67 Å². The van der Waals surface area contributed by atoms with Gasteiger partial charge in [-0.1, -0.05) is 193 Å². The van der Waals surface area contributed by atoms with Crippen LogP contribution in [0.3, 0.4) is 0 Å². The fraction of sp³-hybridized carbons (Fsp3) is 0.538. The maximum absolute atomic E-state index is 12.0. The zero-order valence-corrected chi connectivity index (χ0v) is 77.7. The fourth-order valence-corrected chi connectivity index (χ4v) is 13.2. The molecule has 108 heavy (non-hydrogen) atoms. The first-order chi connectivity index (χ1) is 47.8. The van der Waals surface area contributed by atoms with Crippen LogP contribution in [0.15, 0.2) is 168 Å². The van der Waals surface area contributed by atoms with Crippen molar-refractivity contribution in [1.29, 1.82) is 0 Å². The Bertz CT molecular complexity index is 3720. The van der Waals surface area contributed by atoms with Gasteiger partial charge in [0.1, 0.15) is 25.9 Å². The summed E-state index contributed by atoms with van der Waals surface area (Å²) in [6.45, 7) is 27.5. The molecule has 0 saturated carbocycles. The number of thioether (sulfide) groups is 1. The van der Waals surface area contributed by atoms with E-state index in [4.69, 9.17) is 42.0 Å². The molecule has 4 saturated heterocycles. The molecule has 16 nitrogen and oxygen atoms in total. The van der Waals surface area contributed by atoms with Gasteiger partial charge in [-0.25, -0.2) is 16.8 Å². The normalized spacial score (nSPS) is 17.1. The summed E-state index contributed by atoms with van der Waals surface area (Å²) < 4.78 is 120. The molecule has 2 atom stereocenters. The van der Waals surface area contributed by atoms with Crippen molar-refractivity contribution < 1.29 is 96.8 Å². The van der Waals surface area contributed by atoms with Gasteiger partial charge in [0.15, 0.2) is 0 Å². The van der Waals surface area contributed by atoms with Gasteiger partial charge in [0.05, 0.1) is 56.6 Å². The van der Waals surface area contributed by atoms with Crippen LogP contribution >= 0.6 is 84.9 Å². The minimum atomic E-state index is -3.66. The molecule has 4 fully saturated rings. The van der Waals surface area contributed by atoms with Crippen LogP contribution in [0.25, 0.3) is 0 Å². The minimum Gasteiger partial charge on any atom is -0.796 e. The molecule has 0 aromatic heterocycles. The van der Waals surface area contributed by atoms with Crippen LogP contribution in [0.4, 0.5) is 0 Å². The third kappa shape index (κ3) is 40.7. The van der Waals surface area contributed by atoms with Crippen LogP contribution in [-0.4, -0.2) is 165 Å². The van der Waals surface area contributed by atoms with Crippen LogP contribution in [0.1, 0.15) is 159 Å². The van der Waals surface area contributed by atoms with Gasteiger partial charge in [0, 0.05) is 43.6 Å². The standard InChI is InChI=1S/C15H23BO4S.C15H15BrO3S.C12H24B2O4.C9H11BrO2S.C9H11BrS.C8H9BrO.C5H12NOP.CH4S.4CH4.Na/c1-14(2)15(3,4)20-16(19-14)13-8-6-12(7-9-13)10-11-21(5,17)18;1-12-2-8-15(9-3-12)20(17,18)19-11-10-13-4-6-14(16)7-5-13;1-9(2)10(3,4)16-13(15-9)14-17-11(5,6)12(7,8)18-14;1-13(11,12)7-6-8-2-4-9(10)5-3-8;1-11-7-6-8-2-4-9(10)5-3-8;9-8-3-1-7(2-4-8)5-6-10;1-6(8)5-3-2-4-7-5;1-2;;;;;/h6-9H,10-11H2,1-5H3;2-9H,10-11H2,1H3;1-8H3;2-5H,6-7H2,1H3;2-5H,6-7H2,1H3;1-4,10H,5-6H2;5H,2-4,8H2,1H3;2H,1H3;4*1H4;/q;;;;;;;;;;;;+1/p-1. The zero-order chi connectivity index (χ0) is 77.8. The van der Waals surface area contributed by atoms with Crippen molar-refractivity contribution in [2.24, 2.45) is 0 Å². The number of sulfone groups is 2. The Balaban J connectivity index is -0.00000120. The molecule has 0 radical (unpaired) electrons. The van der Waals surface area contributed by atoms with E-state index in [-0.39, 0.29) is 130 Å². The second kappa shape index (κ2) is 52.0. The Hall–Kier alpha value is -0.985. The first kappa shape index (κ1) is 111. The van der Waals surface area contributed by atoms with Gasteiger partial charge < -0.3 is 50.4 Å². The summed E-state index contributed by atoms with van der Waals surface area (Å²) >= 11 is 19.4. The monoisotopic (exact) mass is 1880 g/mol. The number of halogens is 4. The predicted molar refractivity (Wildman–Crippen MR) is 475 cm³/mol. The van der Waals surface area contributed by atoms with E-state index in [1.165, 1.54) is 48.7 Å². The molecule has 1 N–H and O–H groups in total. The van der Waals surface area contributed by atoms with Crippen LogP contribution in [0, 0.1) is 6.92 Å². The average molecular weight is 1880 g/mol. The van der Waals surface area contributed by atoms with Gasteiger partial charge in [0.2, 0.25) is 0 Å². The van der Waals surface area contributed by atoms with Gasteiger partial charge in [-0.15, -0.1) is 0 Å². The molecular formula is C78H124B3Br4NNaO15PS5. The molecule has 0 aliphatic carbocycles. The molecule has 604 valence electrons. The number of ether oxygens (including phenoxy) is 1. The second-order valence-electron chi connectivity index (χ2n) is 28.0. The van der Waals surface area contributed by atoms with Crippen molar-refractivity contribution in [3.63, 3.8) is 0 Å². The number of rotatable bonds is 19. The largest absolute Gasteiger partial charge is 1.00 e. The summed E-state index contributed by atoms with van der Waals surface area (Å²) in [7, 11) is -6.14. The van der Waals surface area contributed by atoms with Crippen molar-refractivity contribution >= 4 is 154 Å². The number of benzene rings is 6. The molecule has 10 rings (SSSR count). The third-order valence-corrected chi connectivity index (χ3v) is 24.0. The van der Waals surface area contributed by atoms with Crippen molar-refractivity contribution in [2.75, 3.05) is 69.1 Å². The van der Waals surface area contributed by atoms with Crippen LogP contribution in [0.2, 0.25) is 0 Å². The zero-order valence-electron chi connectivity index (χ0n) is 64.1. The number of hydrogen-bond acceptors (Lipinski definition) is 18. The Morgan fingerprint density at radius 1 is 0.509 bits per heavy atom. The van der Waals surface area contributed by atoms with E-state index in [1.54, 1.807) is 30.5 Å². The number of aliphatic hydroxyl groups is 1. The summed E-state index contributed by atoms with van der Waals surface area (Å²) in [5, 5.41) is 8.58. The Morgan fingerprint density at radius 3 is 1.10 bits per heavy atom. The molecule has 6 aromatic rings. The summed E-state index contributed by atoms with van der Waals surface area (Å²) in [5.41, 5.74) is 5.50. The van der Waals surface area contributed by atoms with Crippen LogP contribution in [0.5, 0.6) is 0 Å². The SMILES string of the molecule is C.C.C.C.CC1(C)OB(B2OC(C)(C)C(C)(C)O2)OC1(C)C.CC1(C)OB(c2ccc(CCS(C)(=O)=O)cc2)OC1(C)C.CN(P)C1CCCO1.CS(=O)(=O)CCc1ccc(Br)cc1.CSCCc1ccc(Br)cc1.C[S-].Cc1ccc(S(=O)(=O)OCCc2ccc(Br)cc2)cc1.OCCc1ccc(Br)cc1.[Na+]. The van der Waals surface area contributed by atoms with Gasteiger partial charge in [-0.3, -0.25) is 8.85 Å². The Kier molecular flexibility index (Phi) is 53.5. The van der Waals surface area contributed by atoms with E-state index in [0.717, 1.165) is 58.6 Å². The average Bonchev–Trinajstić information content (AvgIpc) is 1.63. The van der Waals surface area contributed by atoms with E-state index in [1.807, 2.05) is 211 Å². The smallest absolute Gasteiger partial charge is 0.796 e. The van der Waals surface area contributed by atoms with E-state index < -0.39 is 43.8 Å². The third-order valence-electron chi connectivity index (χ3n) is 17.7. The molecule has 30 heteroatoms. The molecule has 4 aliphatic heterocycles. The molecule has 2 unspecified atom stereocenters. The van der Waals surface area contributed by atoms with Crippen molar-refractivity contribution in [3.05, 3.63) is 197 Å². The molecule has 4 heterocycles. The van der Waals surface area contributed by atoms with Crippen LogP contribution in [-0.2, 0) is 111 Å². The quantitative estimate of drug-likeness (QED) is 0.0347. The van der Waals surface area contributed by atoms with Crippen molar-refractivity contribution in [2.45, 2.75) is 209 Å². The van der Waals surface area contributed by atoms with Gasteiger partial charge >= 0.3 is 50.7 Å². The first-order valence-electron chi connectivity index (χ1n) is 33.8. The van der Waals surface area contributed by atoms with Gasteiger partial charge in [-0.2, -0.15) is 26.4 Å².